The van der Waals surface area contributed by atoms with E-state index in [0.29, 0.717) is 23.0 Å². The van der Waals surface area contributed by atoms with Crippen molar-refractivity contribution in [3.05, 3.63) is 107 Å². The van der Waals surface area contributed by atoms with E-state index in [-0.39, 0.29) is 11.5 Å². The Labute approximate surface area is 217 Å². The number of carbonyl (C=O) groups is 2. The number of amides is 1. The third-order valence-corrected chi connectivity index (χ3v) is 7.49. The van der Waals surface area contributed by atoms with Crippen LogP contribution in [-0.4, -0.2) is 21.6 Å². The highest BCUT2D eigenvalue weighted by Crippen LogP contribution is 2.37. The lowest BCUT2D eigenvalue weighted by Crippen LogP contribution is -2.06. The van der Waals surface area contributed by atoms with Crippen LogP contribution in [-0.2, 0) is 17.1 Å². The molecule has 0 saturated carbocycles. The number of thioether (sulfide) groups is 1. The second kappa shape index (κ2) is 10.1. The molecule has 0 spiro atoms. The lowest BCUT2D eigenvalue weighted by atomic mass is 10.1. The van der Waals surface area contributed by atoms with E-state index < -0.39 is 5.97 Å². The number of rotatable bonds is 7. The SMILES string of the molecule is CC(=O)Nc1ccc2c(c1)c(Cl)c(CSc1ccc3ccccc3c1)n2Cc1ccc(C(=O)O)cc1. The number of nitrogens with zero attached hydrogens (tertiary/aromatic N) is 1. The van der Waals surface area contributed by atoms with Gasteiger partial charge in [-0.2, -0.15) is 0 Å². The molecule has 1 heterocycles. The zero-order chi connectivity index (χ0) is 25.2. The summed E-state index contributed by atoms with van der Waals surface area (Å²) < 4.78 is 2.17. The highest BCUT2D eigenvalue weighted by molar-refractivity contribution is 7.98. The Morgan fingerprint density at radius 1 is 0.944 bits per heavy atom. The zero-order valence-electron chi connectivity index (χ0n) is 19.5. The fourth-order valence-corrected chi connectivity index (χ4v) is 5.69. The molecule has 1 aromatic heterocycles. The van der Waals surface area contributed by atoms with Crippen molar-refractivity contribution in [3.63, 3.8) is 0 Å². The van der Waals surface area contributed by atoms with Crippen LogP contribution in [0.15, 0.2) is 89.8 Å². The van der Waals surface area contributed by atoms with Gasteiger partial charge in [-0.05, 0) is 58.8 Å². The molecular weight excluding hydrogens is 492 g/mol. The van der Waals surface area contributed by atoms with Gasteiger partial charge in [-0.3, -0.25) is 4.79 Å². The molecule has 2 N–H and O–H groups in total. The first-order valence-corrected chi connectivity index (χ1v) is 12.8. The fourth-order valence-electron chi connectivity index (χ4n) is 4.31. The molecule has 36 heavy (non-hydrogen) atoms. The van der Waals surface area contributed by atoms with E-state index >= 15 is 0 Å². The monoisotopic (exact) mass is 514 g/mol. The number of aromatic nitrogens is 1. The molecule has 0 unspecified atom stereocenters. The number of anilines is 1. The summed E-state index contributed by atoms with van der Waals surface area (Å²) in [5, 5.41) is 16.0. The molecule has 0 saturated heterocycles. The summed E-state index contributed by atoms with van der Waals surface area (Å²) in [5.74, 6) is -0.446. The van der Waals surface area contributed by atoms with Crippen LogP contribution in [0.2, 0.25) is 5.02 Å². The maximum Gasteiger partial charge on any atom is 0.335 e. The number of carboxylic acid groups (broad SMARTS) is 1. The molecule has 5 aromatic rings. The Morgan fingerprint density at radius 3 is 2.42 bits per heavy atom. The van der Waals surface area contributed by atoms with E-state index in [9.17, 15) is 14.7 Å². The highest BCUT2D eigenvalue weighted by atomic mass is 35.5. The first-order valence-electron chi connectivity index (χ1n) is 11.4. The molecule has 5 rings (SSSR count). The van der Waals surface area contributed by atoms with E-state index in [4.69, 9.17) is 11.6 Å². The summed E-state index contributed by atoms with van der Waals surface area (Å²) in [5.41, 5.74) is 3.82. The molecular formula is C29H23ClN2O3S. The van der Waals surface area contributed by atoms with Gasteiger partial charge in [0.25, 0.3) is 0 Å². The number of aromatic carboxylic acids is 1. The molecule has 0 aliphatic carbocycles. The van der Waals surface area contributed by atoms with Crippen molar-refractivity contribution < 1.29 is 14.7 Å². The molecule has 0 bridgehead atoms. The topological polar surface area (TPSA) is 71.3 Å². The number of carbonyl (C=O) groups excluding carboxylic acids is 1. The van der Waals surface area contributed by atoms with Crippen LogP contribution in [0, 0.1) is 0 Å². The van der Waals surface area contributed by atoms with Crippen molar-refractivity contribution >= 4 is 62.6 Å². The van der Waals surface area contributed by atoms with Gasteiger partial charge >= 0.3 is 5.97 Å². The van der Waals surface area contributed by atoms with E-state index in [2.05, 4.69) is 40.2 Å². The Balaban J connectivity index is 1.52. The van der Waals surface area contributed by atoms with Gasteiger partial charge in [0.05, 0.1) is 16.1 Å². The summed E-state index contributed by atoms with van der Waals surface area (Å²) in [6.07, 6.45) is 0. The minimum absolute atomic E-state index is 0.143. The molecule has 0 atom stereocenters. The van der Waals surface area contributed by atoms with Crippen LogP contribution in [0.25, 0.3) is 21.7 Å². The molecule has 0 fully saturated rings. The number of hydrogen-bond donors (Lipinski definition) is 2. The number of fused-ring (bicyclic) bond motifs is 2. The summed E-state index contributed by atoms with van der Waals surface area (Å²) >= 11 is 8.65. The van der Waals surface area contributed by atoms with Crippen LogP contribution in [0.5, 0.6) is 0 Å². The standard InChI is InChI=1S/C29H23ClN2O3S/c1-18(33)31-23-11-13-26-25(15-23)28(30)27(32(26)16-19-6-8-21(9-7-19)29(34)35)17-36-24-12-10-20-4-2-3-5-22(20)14-24/h2-15H,16-17H2,1H3,(H,31,33)(H,34,35). The maximum absolute atomic E-state index is 11.6. The molecule has 0 aliphatic rings. The smallest absolute Gasteiger partial charge is 0.335 e. The van der Waals surface area contributed by atoms with Gasteiger partial charge in [0, 0.05) is 40.9 Å². The quantitative estimate of drug-likeness (QED) is 0.221. The van der Waals surface area contributed by atoms with Crippen LogP contribution in [0.1, 0.15) is 28.5 Å². The van der Waals surface area contributed by atoms with Gasteiger partial charge in [-0.25, -0.2) is 4.79 Å². The number of halogens is 1. The lowest BCUT2D eigenvalue weighted by molar-refractivity contribution is -0.114. The molecule has 5 nitrogen and oxygen atoms in total. The van der Waals surface area contributed by atoms with E-state index in [1.807, 2.05) is 42.5 Å². The Morgan fingerprint density at radius 2 is 1.69 bits per heavy atom. The minimum atomic E-state index is -0.950. The zero-order valence-corrected chi connectivity index (χ0v) is 21.1. The predicted octanol–water partition coefficient (Wildman–Crippen LogP) is 7.45. The van der Waals surface area contributed by atoms with Crippen LogP contribution < -0.4 is 5.32 Å². The van der Waals surface area contributed by atoms with Gasteiger partial charge in [-0.1, -0.05) is 54.1 Å². The molecule has 1 amide bonds. The normalized spacial score (nSPS) is 11.2. The lowest BCUT2D eigenvalue weighted by Gasteiger charge is -2.12. The second-order valence-corrected chi connectivity index (χ2v) is 9.99. The number of nitrogens with one attached hydrogen (secondary N) is 1. The number of carboxylic acids is 1. The molecule has 0 aliphatic heterocycles. The third-order valence-electron chi connectivity index (χ3n) is 6.06. The molecule has 180 valence electrons. The number of benzene rings is 4. The predicted molar refractivity (Wildman–Crippen MR) is 147 cm³/mol. The second-order valence-electron chi connectivity index (χ2n) is 8.56. The Bertz CT molecular complexity index is 1610. The molecule has 4 aromatic carbocycles. The van der Waals surface area contributed by atoms with Gasteiger partial charge in [0.1, 0.15) is 0 Å². The summed E-state index contributed by atoms with van der Waals surface area (Å²) in [7, 11) is 0. The van der Waals surface area contributed by atoms with Crippen molar-refractivity contribution in [2.75, 3.05) is 5.32 Å². The van der Waals surface area contributed by atoms with Crippen molar-refractivity contribution in [1.29, 1.82) is 0 Å². The molecule has 7 heteroatoms. The first kappa shape index (κ1) is 24.0. The maximum atomic E-state index is 11.6. The third kappa shape index (κ3) is 4.96. The highest BCUT2D eigenvalue weighted by Gasteiger charge is 2.18. The van der Waals surface area contributed by atoms with E-state index in [1.54, 1.807) is 23.9 Å². The van der Waals surface area contributed by atoms with E-state index in [1.165, 1.54) is 17.7 Å². The Hall–Kier alpha value is -3.74. The average Bonchev–Trinajstić information content (AvgIpc) is 3.12. The van der Waals surface area contributed by atoms with E-state index in [0.717, 1.165) is 27.1 Å². The average molecular weight is 515 g/mol. The van der Waals surface area contributed by atoms with Crippen LogP contribution in [0.3, 0.4) is 0 Å². The molecule has 0 radical (unpaired) electrons. The fraction of sp³-hybridized carbons (Fsp3) is 0.103. The van der Waals surface area contributed by atoms with Crippen LogP contribution >= 0.6 is 23.4 Å². The van der Waals surface area contributed by atoms with Crippen molar-refractivity contribution in [3.8, 4) is 0 Å². The summed E-state index contributed by atoms with van der Waals surface area (Å²) in [4.78, 5) is 24.0. The van der Waals surface area contributed by atoms with Gasteiger partial charge in [-0.15, -0.1) is 11.8 Å². The van der Waals surface area contributed by atoms with Gasteiger partial charge < -0.3 is 15.0 Å². The van der Waals surface area contributed by atoms with Crippen molar-refractivity contribution in [2.24, 2.45) is 0 Å². The largest absolute Gasteiger partial charge is 0.478 e. The van der Waals surface area contributed by atoms with Crippen LogP contribution in [0.4, 0.5) is 5.69 Å². The van der Waals surface area contributed by atoms with Gasteiger partial charge in [0.2, 0.25) is 5.91 Å². The first-order chi connectivity index (χ1) is 17.4. The van der Waals surface area contributed by atoms with Gasteiger partial charge in [0.15, 0.2) is 0 Å². The minimum Gasteiger partial charge on any atom is -0.478 e. The summed E-state index contributed by atoms with van der Waals surface area (Å²) in [6.45, 7) is 2.01. The Kier molecular flexibility index (Phi) is 6.72. The number of hydrogen-bond acceptors (Lipinski definition) is 3. The van der Waals surface area contributed by atoms with Crippen molar-refractivity contribution in [1.82, 2.24) is 4.57 Å². The summed E-state index contributed by atoms with van der Waals surface area (Å²) in [6, 6.07) is 27.3. The van der Waals surface area contributed by atoms with Crippen molar-refractivity contribution in [2.45, 2.75) is 24.1 Å².